The Balaban J connectivity index is 2.13. The van der Waals surface area contributed by atoms with Gasteiger partial charge in [-0.2, -0.15) is 0 Å². The lowest BCUT2D eigenvalue weighted by molar-refractivity contribution is 0.0836. The van der Waals surface area contributed by atoms with E-state index in [4.69, 9.17) is 0 Å². The van der Waals surface area contributed by atoms with Crippen LogP contribution in [0.5, 0.6) is 5.75 Å². The number of hydrogen-bond donors (Lipinski definition) is 2. The molecule has 1 aromatic heterocycles. The predicted molar refractivity (Wildman–Crippen MR) is 61.8 cm³/mol. The van der Waals surface area contributed by atoms with Crippen LogP contribution in [0.25, 0.3) is 0 Å². The van der Waals surface area contributed by atoms with Gasteiger partial charge in [0.2, 0.25) is 5.43 Å². The summed E-state index contributed by atoms with van der Waals surface area (Å²) >= 11 is 0. The van der Waals surface area contributed by atoms with Crippen molar-refractivity contribution in [3.05, 3.63) is 28.2 Å². The summed E-state index contributed by atoms with van der Waals surface area (Å²) in [5.74, 6) is -0.644. The summed E-state index contributed by atoms with van der Waals surface area (Å²) in [5.41, 5.74) is 2.81. The number of aromatic hydroxyl groups is 1. The van der Waals surface area contributed by atoms with Crippen LogP contribution in [0.1, 0.15) is 36.2 Å². The number of Topliss-reactive ketones (excluding diaryl/α,β-unsaturated/α-hetero) is 1. The third-order valence-electron chi connectivity index (χ3n) is 3.71. The Bertz CT molecular complexity index is 535. The van der Waals surface area contributed by atoms with Crippen molar-refractivity contribution < 1.29 is 9.90 Å². The SMILES string of the molecule is O=C1c2c(O)c(=O)ccn2NC2CCCCC12. The zero-order valence-corrected chi connectivity index (χ0v) is 9.35. The number of hydrogen-bond acceptors (Lipinski definition) is 4. The van der Waals surface area contributed by atoms with Crippen LogP contribution < -0.4 is 10.9 Å². The Morgan fingerprint density at radius 2 is 2.06 bits per heavy atom. The van der Waals surface area contributed by atoms with Crippen molar-refractivity contribution in [1.82, 2.24) is 4.68 Å². The second-order valence-corrected chi connectivity index (χ2v) is 4.74. The fourth-order valence-electron chi connectivity index (χ4n) is 2.82. The normalized spacial score (nSPS) is 26.9. The lowest BCUT2D eigenvalue weighted by Gasteiger charge is -2.37. The number of pyridine rings is 1. The second kappa shape index (κ2) is 3.61. The molecule has 2 atom stereocenters. The molecule has 0 amide bonds. The Hall–Kier alpha value is -1.78. The van der Waals surface area contributed by atoms with E-state index in [1.54, 1.807) is 0 Å². The van der Waals surface area contributed by atoms with Crippen molar-refractivity contribution in [1.29, 1.82) is 0 Å². The first-order chi connectivity index (χ1) is 8.18. The largest absolute Gasteiger partial charge is 0.503 e. The molecule has 0 saturated heterocycles. The lowest BCUT2D eigenvalue weighted by atomic mass is 9.80. The van der Waals surface area contributed by atoms with E-state index in [0.717, 1.165) is 25.7 Å². The standard InChI is InChI=1S/C12H14N2O3/c15-9-5-6-14-10(12(9)17)11(16)7-3-1-2-4-8(7)13-14/h5-8,13,17H,1-4H2. The van der Waals surface area contributed by atoms with Gasteiger partial charge in [-0.05, 0) is 12.8 Å². The maximum absolute atomic E-state index is 12.3. The molecule has 1 aliphatic carbocycles. The quantitative estimate of drug-likeness (QED) is 0.698. The average molecular weight is 234 g/mol. The van der Waals surface area contributed by atoms with Crippen LogP contribution in [-0.2, 0) is 0 Å². The van der Waals surface area contributed by atoms with E-state index in [-0.39, 0.29) is 23.4 Å². The smallest absolute Gasteiger partial charge is 0.224 e. The highest BCUT2D eigenvalue weighted by molar-refractivity contribution is 6.00. The predicted octanol–water partition coefficient (Wildman–Crippen LogP) is 0.853. The minimum atomic E-state index is -0.499. The number of carbonyl (C=O) groups excluding carboxylic acids is 1. The van der Waals surface area contributed by atoms with Crippen molar-refractivity contribution >= 4 is 5.78 Å². The summed E-state index contributed by atoms with van der Waals surface area (Å²) in [6, 6.07) is 1.40. The monoisotopic (exact) mass is 234 g/mol. The summed E-state index contributed by atoms with van der Waals surface area (Å²) in [5, 5.41) is 9.71. The first-order valence-electron chi connectivity index (χ1n) is 5.94. The van der Waals surface area contributed by atoms with Crippen LogP contribution in [0.4, 0.5) is 0 Å². The molecule has 2 aliphatic rings. The van der Waals surface area contributed by atoms with Gasteiger partial charge in [0.1, 0.15) is 0 Å². The molecule has 2 unspecified atom stereocenters. The Labute approximate surface area is 98.0 Å². The first kappa shape index (κ1) is 10.4. The van der Waals surface area contributed by atoms with Crippen LogP contribution in [0.3, 0.4) is 0 Å². The minimum Gasteiger partial charge on any atom is -0.503 e. The Morgan fingerprint density at radius 3 is 2.88 bits per heavy atom. The molecule has 90 valence electrons. The summed E-state index contributed by atoms with van der Waals surface area (Å²) in [6.07, 6.45) is 5.46. The highest BCUT2D eigenvalue weighted by atomic mass is 16.3. The number of nitrogens with zero attached hydrogens (tertiary/aromatic N) is 1. The van der Waals surface area contributed by atoms with E-state index in [1.807, 2.05) is 0 Å². The van der Waals surface area contributed by atoms with Crippen LogP contribution in [0.2, 0.25) is 0 Å². The van der Waals surface area contributed by atoms with Crippen molar-refractivity contribution in [2.45, 2.75) is 31.7 Å². The second-order valence-electron chi connectivity index (χ2n) is 4.74. The molecule has 1 fully saturated rings. The summed E-state index contributed by atoms with van der Waals surface area (Å²) < 4.78 is 1.49. The maximum Gasteiger partial charge on any atom is 0.224 e. The van der Waals surface area contributed by atoms with Crippen LogP contribution in [-0.4, -0.2) is 21.6 Å². The van der Waals surface area contributed by atoms with Crippen LogP contribution in [0.15, 0.2) is 17.1 Å². The molecule has 3 rings (SSSR count). The molecular weight excluding hydrogens is 220 g/mol. The van der Waals surface area contributed by atoms with Crippen LogP contribution in [0, 0.1) is 5.92 Å². The molecule has 1 aliphatic heterocycles. The van der Waals surface area contributed by atoms with Gasteiger partial charge in [-0.25, -0.2) is 0 Å². The average Bonchev–Trinajstić information content (AvgIpc) is 2.34. The third-order valence-corrected chi connectivity index (χ3v) is 3.71. The number of nitrogens with one attached hydrogen (secondary N) is 1. The van der Waals surface area contributed by atoms with Gasteiger partial charge in [0.25, 0.3) is 0 Å². The number of fused-ring (bicyclic) bond motifs is 2. The molecular formula is C12H14N2O3. The van der Waals surface area contributed by atoms with Gasteiger partial charge < -0.3 is 10.5 Å². The van der Waals surface area contributed by atoms with Crippen molar-refractivity contribution in [3.63, 3.8) is 0 Å². The van der Waals surface area contributed by atoms with Gasteiger partial charge in [0.15, 0.2) is 17.2 Å². The van der Waals surface area contributed by atoms with Crippen LogP contribution >= 0.6 is 0 Å². The van der Waals surface area contributed by atoms with E-state index in [2.05, 4.69) is 5.43 Å². The molecule has 2 N–H and O–H groups in total. The fraction of sp³-hybridized carbons (Fsp3) is 0.500. The zero-order valence-electron chi connectivity index (χ0n) is 9.35. The minimum absolute atomic E-state index is 0.101. The number of ketones is 1. The molecule has 5 heteroatoms. The van der Waals surface area contributed by atoms with Crippen molar-refractivity contribution in [2.75, 3.05) is 5.43 Å². The van der Waals surface area contributed by atoms with E-state index in [0.29, 0.717) is 0 Å². The number of aromatic nitrogens is 1. The zero-order chi connectivity index (χ0) is 12.0. The van der Waals surface area contributed by atoms with Crippen molar-refractivity contribution in [2.24, 2.45) is 5.92 Å². The van der Waals surface area contributed by atoms with Gasteiger partial charge in [0.05, 0.1) is 6.04 Å². The molecule has 1 saturated carbocycles. The first-order valence-corrected chi connectivity index (χ1v) is 5.94. The van der Waals surface area contributed by atoms with E-state index in [9.17, 15) is 14.7 Å². The van der Waals surface area contributed by atoms with Gasteiger partial charge in [-0.1, -0.05) is 12.8 Å². The molecule has 0 radical (unpaired) electrons. The maximum atomic E-state index is 12.3. The Morgan fingerprint density at radius 1 is 1.29 bits per heavy atom. The molecule has 17 heavy (non-hydrogen) atoms. The number of rotatable bonds is 0. The number of carbonyl (C=O) groups is 1. The van der Waals surface area contributed by atoms with E-state index < -0.39 is 11.2 Å². The lowest BCUT2D eigenvalue weighted by Crippen LogP contribution is -2.48. The van der Waals surface area contributed by atoms with E-state index in [1.165, 1.54) is 16.9 Å². The molecule has 1 aromatic rings. The topological polar surface area (TPSA) is 71.3 Å². The summed E-state index contributed by atoms with van der Waals surface area (Å²) in [7, 11) is 0. The van der Waals surface area contributed by atoms with Gasteiger partial charge in [0, 0.05) is 18.2 Å². The highest BCUT2D eigenvalue weighted by Gasteiger charge is 2.38. The molecule has 0 bridgehead atoms. The highest BCUT2D eigenvalue weighted by Crippen LogP contribution is 2.32. The van der Waals surface area contributed by atoms with Gasteiger partial charge in [-0.3, -0.25) is 14.3 Å². The molecule has 2 heterocycles. The Kier molecular flexibility index (Phi) is 2.21. The molecule has 0 aromatic carbocycles. The van der Waals surface area contributed by atoms with E-state index >= 15 is 0 Å². The summed E-state index contributed by atoms with van der Waals surface area (Å²) in [4.78, 5) is 23.6. The molecule has 5 nitrogen and oxygen atoms in total. The molecule has 0 spiro atoms. The fourth-order valence-corrected chi connectivity index (χ4v) is 2.82. The van der Waals surface area contributed by atoms with Crippen molar-refractivity contribution in [3.8, 4) is 5.75 Å². The third kappa shape index (κ3) is 1.45. The van der Waals surface area contributed by atoms with Gasteiger partial charge in [-0.15, -0.1) is 0 Å². The summed E-state index contributed by atoms with van der Waals surface area (Å²) in [6.45, 7) is 0. The van der Waals surface area contributed by atoms with Gasteiger partial charge >= 0.3 is 0 Å².